The first-order valence-electron chi connectivity index (χ1n) is 6.89. The number of anilines is 1. The highest BCUT2D eigenvalue weighted by Crippen LogP contribution is 2.29. The average molecular weight is 302 g/mol. The van der Waals surface area contributed by atoms with Crippen LogP contribution in [0.4, 0.5) is 5.69 Å². The number of unbranched alkanes of at least 4 members (excludes halogenated alkanes) is 5. The molecule has 0 heterocycles. The number of hydrogen-bond donors (Lipinski definition) is 1. The van der Waals surface area contributed by atoms with Gasteiger partial charge >= 0.3 is 0 Å². The summed E-state index contributed by atoms with van der Waals surface area (Å²) in [4.78, 5) is 11.8. The molecule has 0 aromatic heterocycles. The van der Waals surface area contributed by atoms with Crippen LogP contribution in [0, 0.1) is 0 Å². The summed E-state index contributed by atoms with van der Waals surface area (Å²) in [6.45, 7) is 2.20. The molecule has 0 spiro atoms. The van der Waals surface area contributed by atoms with Crippen molar-refractivity contribution in [1.82, 2.24) is 0 Å². The van der Waals surface area contributed by atoms with Gasteiger partial charge in [-0.2, -0.15) is 0 Å². The van der Waals surface area contributed by atoms with Gasteiger partial charge in [0.15, 0.2) is 0 Å². The first kappa shape index (κ1) is 16.3. The molecule has 0 bridgehead atoms. The van der Waals surface area contributed by atoms with Crippen LogP contribution in [-0.2, 0) is 4.79 Å². The molecule has 0 atom stereocenters. The van der Waals surface area contributed by atoms with Crippen LogP contribution < -0.4 is 5.32 Å². The molecule has 1 N–H and O–H groups in total. The van der Waals surface area contributed by atoms with Crippen molar-refractivity contribution >= 4 is 34.8 Å². The van der Waals surface area contributed by atoms with Gasteiger partial charge in [-0.3, -0.25) is 4.79 Å². The van der Waals surface area contributed by atoms with Gasteiger partial charge in [-0.1, -0.05) is 68.3 Å². The summed E-state index contributed by atoms with van der Waals surface area (Å²) in [5.74, 6) is -0.000316. The minimum absolute atomic E-state index is 0.000316. The van der Waals surface area contributed by atoms with Crippen molar-refractivity contribution < 1.29 is 4.79 Å². The fourth-order valence-electron chi connectivity index (χ4n) is 1.88. The van der Waals surface area contributed by atoms with Crippen LogP contribution in [-0.4, -0.2) is 5.91 Å². The minimum atomic E-state index is -0.000316. The maximum Gasteiger partial charge on any atom is 0.224 e. The zero-order chi connectivity index (χ0) is 14.1. The number of carbonyl (C=O) groups is 1. The summed E-state index contributed by atoms with van der Waals surface area (Å²) in [5, 5.41) is 3.66. The molecule has 4 heteroatoms. The Morgan fingerprint density at radius 1 is 1.11 bits per heavy atom. The number of carbonyl (C=O) groups excluding carboxylic acids is 1. The van der Waals surface area contributed by atoms with E-state index < -0.39 is 0 Å². The van der Waals surface area contributed by atoms with E-state index in [4.69, 9.17) is 23.2 Å². The quantitative estimate of drug-likeness (QED) is 0.615. The van der Waals surface area contributed by atoms with Gasteiger partial charge in [-0.15, -0.1) is 0 Å². The summed E-state index contributed by atoms with van der Waals surface area (Å²) in [6.07, 6.45) is 7.56. The highest BCUT2D eigenvalue weighted by Gasteiger charge is 2.07. The molecule has 0 saturated carbocycles. The fourth-order valence-corrected chi connectivity index (χ4v) is 2.23. The molecule has 1 aromatic carbocycles. The minimum Gasteiger partial charge on any atom is -0.325 e. The Kier molecular flexibility index (Phi) is 7.92. The van der Waals surface area contributed by atoms with E-state index in [0.29, 0.717) is 22.2 Å². The molecule has 0 saturated heterocycles. The van der Waals surface area contributed by atoms with Crippen molar-refractivity contribution in [3.05, 3.63) is 28.2 Å². The Balaban J connectivity index is 2.26. The first-order valence-corrected chi connectivity index (χ1v) is 7.64. The maximum atomic E-state index is 11.8. The monoisotopic (exact) mass is 301 g/mol. The Bertz CT molecular complexity index is 407. The van der Waals surface area contributed by atoms with Crippen LogP contribution in [0.15, 0.2) is 18.2 Å². The van der Waals surface area contributed by atoms with E-state index in [-0.39, 0.29) is 5.91 Å². The van der Waals surface area contributed by atoms with Crippen molar-refractivity contribution in [2.45, 2.75) is 51.9 Å². The van der Waals surface area contributed by atoms with Crippen molar-refractivity contribution in [2.75, 3.05) is 5.32 Å². The van der Waals surface area contributed by atoms with Gasteiger partial charge in [0.25, 0.3) is 0 Å². The normalized spacial score (nSPS) is 10.5. The van der Waals surface area contributed by atoms with Crippen LogP contribution in [0.25, 0.3) is 0 Å². The lowest BCUT2D eigenvalue weighted by Gasteiger charge is -2.08. The lowest BCUT2D eigenvalue weighted by molar-refractivity contribution is -0.116. The number of amides is 1. The summed E-state index contributed by atoms with van der Waals surface area (Å²) in [5.41, 5.74) is 0.588. The number of halogens is 2. The van der Waals surface area contributed by atoms with E-state index in [1.807, 2.05) is 0 Å². The summed E-state index contributed by atoms with van der Waals surface area (Å²) < 4.78 is 0. The standard InChI is InChI=1S/C15H21Cl2NO/c1-2-3-4-5-6-7-11-14(19)18-13-10-8-9-12(16)15(13)17/h8-10H,2-7,11H2,1H3,(H,18,19). The second-order valence-corrected chi connectivity index (χ2v) is 5.45. The molecule has 0 aliphatic rings. The smallest absolute Gasteiger partial charge is 0.224 e. The number of rotatable bonds is 8. The SMILES string of the molecule is CCCCCCCCC(=O)Nc1cccc(Cl)c1Cl. The molecule has 19 heavy (non-hydrogen) atoms. The molecule has 0 aliphatic carbocycles. The predicted molar refractivity (Wildman–Crippen MR) is 83.1 cm³/mol. The molecule has 1 rings (SSSR count). The Hall–Kier alpha value is -0.730. The molecular formula is C15H21Cl2NO. The zero-order valence-electron chi connectivity index (χ0n) is 11.3. The van der Waals surface area contributed by atoms with Gasteiger partial charge in [0, 0.05) is 6.42 Å². The number of hydrogen-bond acceptors (Lipinski definition) is 1. The van der Waals surface area contributed by atoms with Gasteiger partial charge in [0.05, 0.1) is 15.7 Å². The number of nitrogens with one attached hydrogen (secondary N) is 1. The molecule has 1 aromatic rings. The third kappa shape index (κ3) is 6.31. The van der Waals surface area contributed by atoms with Gasteiger partial charge in [-0.25, -0.2) is 0 Å². The summed E-state index contributed by atoms with van der Waals surface area (Å²) in [7, 11) is 0. The highest BCUT2D eigenvalue weighted by atomic mass is 35.5. The van der Waals surface area contributed by atoms with Crippen molar-refractivity contribution in [3.8, 4) is 0 Å². The predicted octanol–water partition coefficient (Wildman–Crippen LogP) is 5.68. The molecule has 2 nitrogen and oxygen atoms in total. The van der Waals surface area contributed by atoms with Gasteiger partial charge < -0.3 is 5.32 Å². The lowest BCUT2D eigenvalue weighted by atomic mass is 10.1. The average Bonchev–Trinajstić information content (AvgIpc) is 2.39. The molecular weight excluding hydrogens is 281 g/mol. The Morgan fingerprint density at radius 3 is 2.53 bits per heavy atom. The van der Waals surface area contributed by atoms with Crippen LogP contribution in [0.2, 0.25) is 10.0 Å². The van der Waals surface area contributed by atoms with Crippen LogP contribution in [0.1, 0.15) is 51.9 Å². The van der Waals surface area contributed by atoms with Crippen LogP contribution >= 0.6 is 23.2 Å². The third-order valence-electron chi connectivity index (χ3n) is 2.98. The van der Waals surface area contributed by atoms with E-state index in [0.717, 1.165) is 12.8 Å². The van der Waals surface area contributed by atoms with Crippen molar-refractivity contribution in [2.24, 2.45) is 0 Å². The van der Waals surface area contributed by atoms with Gasteiger partial charge in [0.1, 0.15) is 0 Å². The van der Waals surface area contributed by atoms with E-state index in [1.165, 1.54) is 25.7 Å². The number of benzene rings is 1. The molecule has 0 aliphatic heterocycles. The molecule has 106 valence electrons. The van der Waals surface area contributed by atoms with E-state index >= 15 is 0 Å². The van der Waals surface area contributed by atoms with Crippen molar-refractivity contribution in [3.63, 3.8) is 0 Å². The summed E-state index contributed by atoms with van der Waals surface area (Å²) in [6, 6.07) is 5.23. The van der Waals surface area contributed by atoms with E-state index in [1.54, 1.807) is 18.2 Å². The van der Waals surface area contributed by atoms with Crippen molar-refractivity contribution in [1.29, 1.82) is 0 Å². The highest BCUT2D eigenvalue weighted by molar-refractivity contribution is 6.43. The van der Waals surface area contributed by atoms with Crippen LogP contribution in [0.5, 0.6) is 0 Å². The molecule has 0 fully saturated rings. The second kappa shape index (κ2) is 9.22. The zero-order valence-corrected chi connectivity index (χ0v) is 12.9. The van der Waals surface area contributed by atoms with Crippen LogP contribution in [0.3, 0.4) is 0 Å². The summed E-state index contributed by atoms with van der Waals surface area (Å²) >= 11 is 11.9. The fraction of sp³-hybridized carbons (Fsp3) is 0.533. The van der Waals surface area contributed by atoms with E-state index in [9.17, 15) is 4.79 Å². The molecule has 0 unspecified atom stereocenters. The first-order chi connectivity index (χ1) is 9.15. The topological polar surface area (TPSA) is 29.1 Å². The lowest BCUT2D eigenvalue weighted by Crippen LogP contribution is -2.11. The third-order valence-corrected chi connectivity index (χ3v) is 3.80. The Morgan fingerprint density at radius 2 is 1.79 bits per heavy atom. The maximum absolute atomic E-state index is 11.8. The molecule has 0 radical (unpaired) electrons. The largest absolute Gasteiger partial charge is 0.325 e. The molecule has 1 amide bonds. The van der Waals surface area contributed by atoms with E-state index in [2.05, 4.69) is 12.2 Å². The second-order valence-electron chi connectivity index (χ2n) is 4.67. The Labute approximate surface area is 125 Å². The van der Waals surface area contributed by atoms with Gasteiger partial charge in [0.2, 0.25) is 5.91 Å². The van der Waals surface area contributed by atoms with Gasteiger partial charge in [-0.05, 0) is 18.6 Å².